The number of nitrogens with zero attached hydrogens (tertiary/aromatic N) is 3. The van der Waals surface area contributed by atoms with E-state index in [9.17, 15) is 4.79 Å². The van der Waals surface area contributed by atoms with Gasteiger partial charge in [0.15, 0.2) is 0 Å². The lowest BCUT2D eigenvalue weighted by Crippen LogP contribution is -2.35. The Morgan fingerprint density at radius 2 is 1.85 bits per heavy atom. The van der Waals surface area contributed by atoms with Gasteiger partial charge in [0, 0.05) is 30.9 Å². The van der Waals surface area contributed by atoms with Crippen molar-refractivity contribution >= 4 is 18.3 Å². The molecule has 1 unspecified atom stereocenters. The molecule has 1 aromatic heterocycles. The van der Waals surface area contributed by atoms with Crippen LogP contribution in [0, 0.1) is 19.8 Å². The summed E-state index contributed by atoms with van der Waals surface area (Å²) in [6, 6.07) is 10.1. The Morgan fingerprint density at radius 1 is 1.23 bits per heavy atom. The molecule has 1 heterocycles. The lowest BCUT2D eigenvalue weighted by atomic mass is 10.0. The van der Waals surface area contributed by atoms with Gasteiger partial charge < -0.3 is 10.6 Å². The molecular formula is C20H31ClN4O. The van der Waals surface area contributed by atoms with Gasteiger partial charge in [-0.2, -0.15) is 5.10 Å². The van der Waals surface area contributed by atoms with E-state index < -0.39 is 0 Å². The van der Waals surface area contributed by atoms with Gasteiger partial charge in [0.1, 0.15) is 0 Å². The van der Waals surface area contributed by atoms with Gasteiger partial charge in [-0.25, -0.2) is 4.68 Å². The van der Waals surface area contributed by atoms with Crippen molar-refractivity contribution in [2.45, 2.75) is 46.6 Å². The van der Waals surface area contributed by atoms with Crippen LogP contribution in [-0.2, 0) is 11.2 Å². The predicted molar refractivity (Wildman–Crippen MR) is 109 cm³/mol. The Morgan fingerprint density at radius 3 is 2.42 bits per heavy atom. The fourth-order valence-electron chi connectivity index (χ4n) is 2.84. The quantitative estimate of drug-likeness (QED) is 0.804. The number of para-hydroxylation sites is 1. The van der Waals surface area contributed by atoms with E-state index in [0.717, 1.165) is 29.1 Å². The maximum absolute atomic E-state index is 12.6. The van der Waals surface area contributed by atoms with E-state index in [4.69, 9.17) is 5.73 Å². The highest BCUT2D eigenvalue weighted by Gasteiger charge is 2.19. The summed E-state index contributed by atoms with van der Waals surface area (Å²) in [5.74, 6) is 0.534. The van der Waals surface area contributed by atoms with E-state index in [1.165, 1.54) is 0 Å². The monoisotopic (exact) mass is 378 g/mol. The van der Waals surface area contributed by atoms with E-state index in [-0.39, 0.29) is 24.4 Å². The van der Waals surface area contributed by atoms with Crippen LogP contribution in [0.3, 0.4) is 0 Å². The second-order valence-corrected chi connectivity index (χ2v) is 7.09. The number of aryl methyl sites for hydroxylation is 1. The third-order valence-electron chi connectivity index (χ3n) is 4.85. The largest absolute Gasteiger partial charge is 0.345 e. The Labute approximate surface area is 163 Å². The third kappa shape index (κ3) is 5.32. The zero-order chi connectivity index (χ0) is 18.6. The first-order chi connectivity index (χ1) is 11.8. The van der Waals surface area contributed by atoms with Crippen LogP contribution < -0.4 is 5.73 Å². The molecule has 0 radical (unpaired) electrons. The van der Waals surface area contributed by atoms with Crippen LogP contribution in [0.5, 0.6) is 0 Å². The molecule has 6 heteroatoms. The zero-order valence-corrected chi connectivity index (χ0v) is 17.2. The molecule has 0 aliphatic carbocycles. The third-order valence-corrected chi connectivity index (χ3v) is 4.85. The highest BCUT2D eigenvalue weighted by atomic mass is 35.5. The van der Waals surface area contributed by atoms with Crippen molar-refractivity contribution in [1.82, 2.24) is 14.7 Å². The summed E-state index contributed by atoms with van der Waals surface area (Å²) in [6.45, 7) is 8.88. The van der Waals surface area contributed by atoms with Crippen LogP contribution in [0.4, 0.5) is 0 Å². The molecule has 0 spiro atoms. The SMILES string of the molecule is Cc1nn(-c2ccccc2)c(C)c1CC(=O)N(C)CCC(N)C(C)C.Cl. The molecule has 0 fully saturated rings. The number of hydrogen-bond donors (Lipinski definition) is 1. The number of nitrogens with two attached hydrogens (primary N) is 1. The number of carbonyl (C=O) groups excluding carboxylic acids is 1. The molecule has 1 atom stereocenters. The van der Waals surface area contributed by atoms with Crippen LogP contribution >= 0.6 is 12.4 Å². The first kappa shape index (κ1) is 22.2. The van der Waals surface area contributed by atoms with Gasteiger partial charge in [-0.15, -0.1) is 12.4 Å². The van der Waals surface area contributed by atoms with Gasteiger partial charge in [0.25, 0.3) is 0 Å². The van der Waals surface area contributed by atoms with Gasteiger partial charge in [-0.05, 0) is 38.3 Å². The van der Waals surface area contributed by atoms with E-state index in [2.05, 4.69) is 18.9 Å². The molecular weight excluding hydrogens is 348 g/mol. The number of hydrogen-bond acceptors (Lipinski definition) is 3. The summed E-state index contributed by atoms with van der Waals surface area (Å²) in [6.07, 6.45) is 1.19. The zero-order valence-electron chi connectivity index (χ0n) is 16.4. The lowest BCUT2D eigenvalue weighted by Gasteiger charge is -2.21. The van der Waals surface area contributed by atoms with E-state index in [1.807, 2.05) is 55.9 Å². The average Bonchev–Trinajstić information content (AvgIpc) is 2.88. The number of carbonyl (C=O) groups is 1. The standard InChI is InChI=1S/C20H30N4O.ClH/c1-14(2)19(21)11-12-23(5)20(25)13-18-15(3)22-24(16(18)4)17-9-7-6-8-10-17;/h6-10,14,19H,11-13,21H2,1-5H3;1H. The maximum Gasteiger partial charge on any atom is 0.226 e. The Kier molecular flexibility index (Phi) is 8.31. The molecule has 1 aromatic carbocycles. The molecule has 26 heavy (non-hydrogen) atoms. The Hall–Kier alpha value is -1.85. The normalized spacial score (nSPS) is 12.0. The molecule has 0 saturated carbocycles. The summed E-state index contributed by atoms with van der Waals surface area (Å²) in [7, 11) is 1.85. The predicted octanol–water partition coefficient (Wildman–Crippen LogP) is 3.29. The number of likely N-dealkylation sites (N-methyl/N-ethyl adjacent to an activating group) is 1. The van der Waals surface area contributed by atoms with Crippen molar-refractivity contribution in [3.63, 3.8) is 0 Å². The van der Waals surface area contributed by atoms with E-state index >= 15 is 0 Å². The van der Waals surface area contributed by atoms with Gasteiger partial charge in [-0.3, -0.25) is 4.79 Å². The summed E-state index contributed by atoms with van der Waals surface area (Å²) in [5.41, 5.74) is 10.0. The number of benzene rings is 1. The van der Waals surface area contributed by atoms with Crippen molar-refractivity contribution < 1.29 is 4.79 Å². The summed E-state index contributed by atoms with van der Waals surface area (Å²) in [5, 5.41) is 4.62. The van der Waals surface area contributed by atoms with Crippen molar-refractivity contribution in [2.24, 2.45) is 11.7 Å². The van der Waals surface area contributed by atoms with Crippen molar-refractivity contribution in [2.75, 3.05) is 13.6 Å². The summed E-state index contributed by atoms with van der Waals surface area (Å²) >= 11 is 0. The minimum absolute atomic E-state index is 0. The average molecular weight is 379 g/mol. The van der Waals surface area contributed by atoms with Gasteiger partial charge in [-0.1, -0.05) is 32.0 Å². The maximum atomic E-state index is 12.6. The van der Waals surface area contributed by atoms with Gasteiger partial charge >= 0.3 is 0 Å². The van der Waals surface area contributed by atoms with Gasteiger partial charge in [0.2, 0.25) is 5.91 Å². The first-order valence-corrected chi connectivity index (χ1v) is 8.91. The Bertz CT molecular complexity index is 712. The topological polar surface area (TPSA) is 64.2 Å². The van der Waals surface area contributed by atoms with Crippen molar-refractivity contribution in [3.8, 4) is 5.69 Å². The molecule has 2 N–H and O–H groups in total. The smallest absolute Gasteiger partial charge is 0.226 e. The first-order valence-electron chi connectivity index (χ1n) is 8.91. The van der Waals surface area contributed by atoms with E-state index in [0.29, 0.717) is 18.9 Å². The molecule has 2 aromatic rings. The van der Waals surface area contributed by atoms with Crippen molar-refractivity contribution in [1.29, 1.82) is 0 Å². The second kappa shape index (κ2) is 9.74. The second-order valence-electron chi connectivity index (χ2n) is 7.09. The molecule has 144 valence electrons. The number of halogens is 1. The fourth-order valence-corrected chi connectivity index (χ4v) is 2.84. The van der Waals surface area contributed by atoms with Crippen LogP contribution in [-0.4, -0.2) is 40.2 Å². The number of aromatic nitrogens is 2. The molecule has 2 rings (SSSR count). The molecule has 0 aliphatic heterocycles. The van der Waals surface area contributed by atoms with Gasteiger partial charge in [0.05, 0.1) is 17.8 Å². The highest BCUT2D eigenvalue weighted by Crippen LogP contribution is 2.19. The van der Waals surface area contributed by atoms with Crippen LogP contribution in [0.2, 0.25) is 0 Å². The van der Waals surface area contributed by atoms with Crippen LogP contribution in [0.25, 0.3) is 5.69 Å². The summed E-state index contributed by atoms with van der Waals surface area (Å²) < 4.78 is 1.91. The molecule has 0 saturated heterocycles. The van der Waals surface area contributed by atoms with Crippen LogP contribution in [0.1, 0.15) is 37.2 Å². The minimum atomic E-state index is 0. The number of amides is 1. The minimum Gasteiger partial charge on any atom is -0.345 e. The fraction of sp³-hybridized carbons (Fsp3) is 0.500. The van der Waals surface area contributed by atoms with E-state index in [1.54, 1.807) is 4.90 Å². The molecule has 0 aliphatic rings. The highest BCUT2D eigenvalue weighted by molar-refractivity contribution is 5.85. The molecule has 5 nitrogen and oxygen atoms in total. The lowest BCUT2D eigenvalue weighted by molar-refractivity contribution is -0.129. The molecule has 1 amide bonds. The molecule has 0 bridgehead atoms. The summed E-state index contributed by atoms with van der Waals surface area (Å²) in [4.78, 5) is 14.4. The van der Waals surface area contributed by atoms with Crippen molar-refractivity contribution in [3.05, 3.63) is 47.3 Å². The Balaban J connectivity index is 0.00000338. The number of rotatable bonds is 7. The van der Waals surface area contributed by atoms with Crippen LogP contribution in [0.15, 0.2) is 30.3 Å².